The van der Waals surface area contributed by atoms with Crippen molar-refractivity contribution in [3.05, 3.63) is 92.9 Å². The number of amides is 2. The van der Waals surface area contributed by atoms with E-state index in [9.17, 15) is 18.0 Å². The molecular formula is C31H34Cl3N3O4S. The van der Waals surface area contributed by atoms with Crippen molar-refractivity contribution in [1.82, 2.24) is 10.2 Å². The Balaban J connectivity index is 1.76. The standard InChI is InChI=1S/C31H34Cl3N3O4S/c1-3-28(31(39)35-23-10-7-8-11-23)36(19-25-26(33)14-9-15-27(25)34)30(38)20-37(29-17-16-22(32)18-21(29)2)42(40,41)24-12-5-4-6-13-24/h4-6,9,12-18,23,28H,3,7-8,10-11,19-20H2,1-2H3,(H,35,39)/t28-/m1/s1. The number of carbonyl (C=O) groups is 2. The van der Waals surface area contributed by atoms with Crippen LogP contribution in [-0.2, 0) is 26.2 Å². The molecule has 7 nitrogen and oxygen atoms in total. The molecule has 1 aliphatic rings. The molecule has 1 N–H and O–H groups in total. The fourth-order valence-corrected chi connectivity index (χ4v) is 7.52. The van der Waals surface area contributed by atoms with E-state index in [-0.39, 0.29) is 23.4 Å². The summed E-state index contributed by atoms with van der Waals surface area (Å²) in [7, 11) is -4.19. The van der Waals surface area contributed by atoms with E-state index in [0.29, 0.717) is 38.3 Å². The van der Waals surface area contributed by atoms with Crippen molar-refractivity contribution < 1.29 is 18.0 Å². The van der Waals surface area contributed by atoms with Gasteiger partial charge in [-0.2, -0.15) is 0 Å². The Bertz CT molecular complexity index is 1510. The number of aryl methyl sites for hydroxylation is 1. The molecule has 0 unspecified atom stereocenters. The van der Waals surface area contributed by atoms with Gasteiger partial charge in [0.1, 0.15) is 12.6 Å². The quantitative estimate of drug-likeness (QED) is 0.242. The molecule has 0 spiro atoms. The first kappa shape index (κ1) is 32.1. The summed E-state index contributed by atoms with van der Waals surface area (Å²) in [6, 6.07) is 16.9. The number of benzene rings is 3. The minimum absolute atomic E-state index is 0.0267. The van der Waals surface area contributed by atoms with Gasteiger partial charge in [-0.25, -0.2) is 8.42 Å². The number of nitrogens with one attached hydrogen (secondary N) is 1. The molecule has 3 aromatic carbocycles. The first-order chi connectivity index (χ1) is 20.0. The number of rotatable bonds is 11. The Morgan fingerprint density at radius 2 is 1.60 bits per heavy atom. The summed E-state index contributed by atoms with van der Waals surface area (Å²) >= 11 is 19.2. The lowest BCUT2D eigenvalue weighted by Crippen LogP contribution is -2.53. The second-order valence-electron chi connectivity index (χ2n) is 10.4. The lowest BCUT2D eigenvalue weighted by atomic mass is 10.1. The molecule has 0 heterocycles. The summed E-state index contributed by atoms with van der Waals surface area (Å²) < 4.78 is 29.1. The van der Waals surface area contributed by atoms with Crippen molar-refractivity contribution in [2.75, 3.05) is 10.8 Å². The van der Waals surface area contributed by atoms with Crippen molar-refractivity contribution >= 4 is 62.3 Å². The minimum Gasteiger partial charge on any atom is -0.352 e. The van der Waals surface area contributed by atoms with Gasteiger partial charge in [0, 0.05) is 33.2 Å². The van der Waals surface area contributed by atoms with E-state index in [4.69, 9.17) is 34.8 Å². The molecule has 0 aromatic heterocycles. The predicted octanol–water partition coefficient (Wildman–Crippen LogP) is 7.02. The summed E-state index contributed by atoms with van der Waals surface area (Å²) in [6.45, 7) is 2.90. The average Bonchev–Trinajstić information content (AvgIpc) is 3.47. The van der Waals surface area contributed by atoms with Gasteiger partial charge in [0.2, 0.25) is 11.8 Å². The number of anilines is 1. The molecule has 1 aliphatic carbocycles. The molecule has 42 heavy (non-hydrogen) atoms. The van der Waals surface area contributed by atoms with Crippen LogP contribution in [0.25, 0.3) is 0 Å². The van der Waals surface area contributed by atoms with E-state index >= 15 is 0 Å². The summed E-state index contributed by atoms with van der Waals surface area (Å²) in [5.74, 6) is -0.866. The van der Waals surface area contributed by atoms with Gasteiger partial charge in [-0.15, -0.1) is 0 Å². The van der Waals surface area contributed by atoms with Gasteiger partial charge in [0.15, 0.2) is 0 Å². The molecule has 1 saturated carbocycles. The van der Waals surface area contributed by atoms with E-state index in [0.717, 1.165) is 30.0 Å². The van der Waals surface area contributed by atoms with Crippen LogP contribution in [0.1, 0.15) is 50.2 Å². The zero-order valence-corrected chi connectivity index (χ0v) is 26.6. The number of carbonyl (C=O) groups excluding carboxylic acids is 2. The number of halogens is 3. The second kappa shape index (κ2) is 14.1. The molecule has 1 atom stereocenters. The summed E-state index contributed by atoms with van der Waals surface area (Å²) in [6.07, 6.45) is 4.13. The highest BCUT2D eigenvalue weighted by atomic mass is 35.5. The van der Waals surface area contributed by atoms with Gasteiger partial charge >= 0.3 is 0 Å². The van der Waals surface area contributed by atoms with Gasteiger partial charge < -0.3 is 10.2 Å². The zero-order valence-electron chi connectivity index (χ0n) is 23.5. The molecule has 0 radical (unpaired) electrons. The Kier molecular flexibility index (Phi) is 10.8. The average molecular weight is 651 g/mol. The van der Waals surface area contributed by atoms with E-state index in [1.165, 1.54) is 17.0 Å². The summed E-state index contributed by atoms with van der Waals surface area (Å²) in [4.78, 5) is 29.3. The highest BCUT2D eigenvalue weighted by molar-refractivity contribution is 7.92. The van der Waals surface area contributed by atoms with Crippen LogP contribution in [0, 0.1) is 6.92 Å². The van der Waals surface area contributed by atoms with Gasteiger partial charge in [-0.1, -0.05) is 78.8 Å². The molecule has 0 saturated heterocycles. The largest absolute Gasteiger partial charge is 0.352 e. The van der Waals surface area contributed by atoms with Crippen LogP contribution in [0.15, 0.2) is 71.6 Å². The fraction of sp³-hybridized carbons (Fsp3) is 0.355. The van der Waals surface area contributed by atoms with Gasteiger partial charge in [0.05, 0.1) is 10.6 Å². The minimum atomic E-state index is -4.19. The highest BCUT2D eigenvalue weighted by Crippen LogP contribution is 2.31. The molecular weight excluding hydrogens is 617 g/mol. The normalized spacial score (nSPS) is 14.4. The number of hydrogen-bond donors (Lipinski definition) is 1. The molecule has 11 heteroatoms. The Morgan fingerprint density at radius 1 is 0.952 bits per heavy atom. The third-order valence-electron chi connectivity index (χ3n) is 7.52. The summed E-state index contributed by atoms with van der Waals surface area (Å²) in [5.41, 5.74) is 1.35. The van der Waals surface area contributed by atoms with Crippen molar-refractivity contribution in [3.8, 4) is 0 Å². The topological polar surface area (TPSA) is 86.8 Å². The van der Waals surface area contributed by atoms with Crippen LogP contribution >= 0.6 is 34.8 Å². The van der Waals surface area contributed by atoms with Crippen molar-refractivity contribution in [1.29, 1.82) is 0 Å². The van der Waals surface area contributed by atoms with Gasteiger partial charge in [-0.3, -0.25) is 13.9 Å². The maximum absolute atomic E-state index is 14.3. The lowest BCUT2D eigenvalue weighted by Gasteiger charge is -2.34. The van der Waals surface area contributed by atoms with Gasteiger partial charge in [0.25, 0.3) is 10.0 Å². The molecule has 3 aromatic rings. The van der Waals surface area contributed by atoms with Crippen LogP contribution in [0.2, 0.25) is 15.1 Å². The van der Waals surface area contributed by atoms with Crippen LogP contribution in [-0.4, -0.2) is 43.8 Å². The van der Waals surface area contributed by atoms with Crippen molar-refractivity contribution in [2.24, 2.45) is 0 Å². The van der Waals surface area contributed by atoms with Crippen LogP contribution in [0.4, 0.5) is 5.69 Å². The van der Waals surface area contributed by atoms with Crippen LogP contribution in [0.3, 0.4) is 0 Å². The molecule has 4 rings (SSSR count). The Labute approximate surface area is 262 Å². The number of hydrogen-bond acceptors (Lipinski definition) is 4. The highest BCUT2D eigenvalue weighted by Gasteiger charge is 2.35. The van der Waals surface area contributed by atoms with E-state index in [2.05, 4.69) is 5.32 Å². The summed E-state index contributed by atoms with van der Waals surface area (Å²) in [5, 5.41) is 4.21. The molecule has 0 bridgehead atoms. The molecule has 1 fully saturated rings. The maximum Gasteiger partial charge on any atom is 0.264 e. The third-order valence-corrected chi connectivity index (χ3v) is 10.2. The smallest absolute Gasteiger partial charge is 0.264 e. The van der Waals surface area contributed by atoms with Crippen molar-refractivity contribution in [3.63, 3.8) is 0 Å². The van der Waals surface area contributed by atoms with Crippen LogP contribution < -0.4 is 9.62 Å². The van der Waals surface area contributed by atoms with E-state index in [1.54, 1.807) is 61.5 Å². The van der Waals surface area contributed by atoms with E-state index < -0.39 is 28.5 Å². The maximum atomic E-state index is 14.3. The third kappa shape index (κ3) is 7.40. The monoisotopic (exact) mass is 649 g/mol. The van der Waals surface area contributed by atoms with Crippen LogP contribution in [0.5, 0.6) is 0 Å². The Morgan fingerprint density at radius 3 is 2.19 bits per heavy atom. The molecule has 0 aliphatic heterocycles. The first-order valence-electron chi connectivity index (χ1n) is 13.9. The number of nitrogens with zero attached hydrogens (tertiary/aromatic N) is 2. The fourth-order valence-electron chi connectivity index (χ4n) is 5.27. The first-order valence-corrected chi connectivity index (χ1v) is 16.5. The number of sulfonamides is 1. The van der Waals surface area contributed by atoms with E-state index in [1.807, 2.05) is 6.92 Å². The SMILES string of the molecule is CC[C@H](C(=O)NC1CCCC1)N(Cc1c(Cl)cccc1Cl)C(=O)CN(c1ccc(Cl)cc1C)S(=O)(=O)c1ccccc1. The zero-order chi connectivity index (χ0) is 30.4. The second-order valence-corrected chi connectivity index (χ2v) is 13.5. The molecule has 2 amide bonds. The lowest BCUT2D eigenvalue weighted by molar-refractivity contribution is -0.140. The van der Waals surface area contributed by atoms with Gasteiger partial charge in [-0.05, 0) is 74.2 Å². The van der Waals surface area contributed by atoms with Crippen molar-refractivity contribution in [2.45, 2.75) is 69.5 Å². The molecule has 224 valence electrons. The predicted molar refractivity (Wildman–Crippen MR) is 169 cm³/mol. The Hall–Kier alpha value is -2.78.